The van der Waals surface area contributed by atoms with Crippen LogP contribution in [0.4, 0.5) is 11.5 Å². The molecule has 0 bridgehead atoms. The maximum Gasteiger partial charge on any atom is 0.224 e. The molecule has 0 radical (unpaired) electrons. The van der Waals surface area contributed by atoms with Crippen molar-refractivity contribution in [3.63, 3.8) is 0 Å². The largest absolute Gasteiger partial charge is 0.394 e. The predicted molar refractivity (Wildman–Crippen MR) is 48.1 cm³/mol. The monoisotopic (exact) mass is 184 g/mol. The minimum Gasteiger partial charge on any atom is -0.394 e. The molecule has 0 saturated heterocycles. The molecule has 0 spiro atoms. The molecule has 0 amide bonds. The van der Waals surface area contributed by atoms with Gasteiger partial charge in [0.05, 0.1) is 11.9 Å². The SMILES string of the molecule is Nc1cnc(Cl)nc1NC1CC1. The molecule has 0 aliphatic heterocycles. The number of nitrogens with zero attached hydrogens (tertiary/aromatic N) is 2. The summed E-state index contributed by atoms with van der Waals surface area (Å²) in [5, 5.41) is 3.39. The molecule has 0 aromatic carbocycles. The Bertz CT molecular complexity index is 297. The van der Waals surface area contributed by atoms with Gasteiger partial charge < -0.3 is 11.1 Å². The quantitative estimate of drug-likeness (QED) is 0.680. The summed E-state index contributed by atoms with van der Waals surface area (Å²) >= 11 is 5.60. The fourth-order valence-corrected chi connectivity index (χ4v) is 1.04. The van der Waals surface area contributed by atoms with E-state index in [2.05, 4.69) is 15.3 Å². The summed E-state index contributed by atoms with van der Waals surface area (Å²) in [7, 11) is 0. The van der Waals surface area contributed by atoms with Gasteiger partial charge in [-0.1, -0.05) is 0 Å². The zero-order chi connectivity index (χ0) is 8.55. The Morgan fingerprint density at radius 1 is 1.58 bits per heavy atom. The van der Waals surface area contributed by atoms with Crippen LogP contribution in [0.25, 0.3) is 0 Å². The standard InChI is InChI=1S/C7H9ClN4/c8-7-10-3-5(9)6(12-7)11-4-1-2-4/h3-4H,1-2,9H2,(H,10,11,12). The van der Waals surface area contributed by atoms with Crippen molar-refractivity contribution in [2.45, 2.75) is 18.9 Å². The third kappa shape index (κ3) is 1.58. The summed E-state index contributed by atoms with van der Waals surface area (Å²) in [6.07, 6.45) is 3.88. The number of nitrogens with two attached hydrogens (primary N) is 1. The number of hydrogen-bond donors (Lipinski definition) is 2. The van der Waals surface area contributed by atoms with Crippen LogP contribution in [0.2, 0.25) is 5.28 Å². The summed E-state index contributed by atoms with van der Waals surface area (Å²) in [6.45, 7) is 0. The number of rotatable bonds is 2. The van der Waals surface area contributed by atoms with E-state index in [9.17, 15) is 0 Å². The van der Waals surface area contributed by atoms with Crippen molar-refractivity contribution in [1.29, 1.82) is 0 Å². The molecule has 1 aromatic rings. The van der Waals surface area contributed by atoms with Crippen LogP contribution in [0.15, 0.2) is 6.20 Å². The number of halogens is 1. The van der Waals surface area contributed by atoms with Crippen molar-refractivity contribution in [3.05, 3.63) is 11.5 Å². The fraction of sp³-hybridized carbons (Fsp3) is 0.429. The first-order chi connectivity index (χ1) is 5.75. The first-order valence-electron chi connectivity index (χ1n) is 3.80. The number of nitrogens with one attached hydrogen (secondary N) is 1. The number of anilines is 2. The van der Waals surface area contributed by atoms with E-state index in [0.29, 0.717) is 17.5 Å². The molecule has 4 nitrogen and oxygen atoms in total. The number of nitrogen functional groups attached to an aromatic ring is 1. The highest BCUT2D eigenvalue weighted by Crippen LogP contribution is 2.26. The van der Waals surface area contributed by atoms with E-state index in [1.54, 1.807) is 0 Å². The van der Waals surface area contributed by atoms with Gasteiger partial charge in [-0.2, -0.15) is 4.98 Å². The second-order valence-corrected chi connectivity index (χ2v) is 3.20. The van der Waals surface area contributed by atoms with E-state index in [-0.39, 0.29) is 5.28 Å². The van der Waals surface area contributed by atoms with Gasteiger partial charge in [0.25, 0.3) is 0 Å². The minimum atomic E-state index is 0.229. The van der Waals surface area contributed by atoms with Crippen LogP contribution in [0.3, 0.4) is 0 Å². The topological polar surface area (TPSA) is 63.8 Å². The predicted octanol–water partition coefficient (Wildman–Crippen LogP) is 1.29. The van der Waals surface area contributed by atoms with E-state index in [1.165, 1.54) is 19.0 Å². The molecule has 12 heavy (non-hydrogen) atoms. The lowest BCUT2D eigenvalue weighted by Crippen LogP contribution is -2.06. The Morgan fingerprint density at radius 3 is 3.00 bits per heavy atom. The maximum absolute atomic E-state index is 5.62. The van der Waals surface area contributed by atoms with Crippen LogP contribution in [0.5, 0.6) is 0 Å². The van der Waals surface area contributed by atoms with Gasteiger partial charge in [-0.25, -0.2) is 4.98 Å². The molecule has 1 aliphatic rings. The summed E-state index contributed by atoms with van der Waals surface area (Å²) in [5.41, 5.74) is 6.17. The Balaban J connectivity index is 2.21. The van der Waals surface area contributed by atoms with Gasteiger partial charge in [0, 0.05) is 6.04 Å². The lowest BCUT2D eigenvalue weighted by Gasteiger charge is -2.05. The van der Waals surface area contributed by atoms with Crippen molar-refractivity contribution in [2.75, 3.05) is 11.1 Å². The van der Waals surface area contributed by atoms with Crippen LogP contribution >= 0.6 is 11.6 Å². The van der Waals surface area contributed by atoms with Crippen molar-refractivity contribution >= 4 is 23.1 Å². The van der Waals surface area contributed by atoms with Gasteiger partial charge in [-0.05, 0) is 24.4 Å². The Hall–Kier alpha value is -1.03. The van der Waals surface area contributed by atoms with Gasteiger partial charge >= 0.3 is 0 Å². The summed E-state index contributed by atoms with van der Waals surface area (Å²) in [6, 6.07) is 0.526. The van der Waals surface area contributed by atoms with E-state index < -0.39 is 0 Å². The molecular weight excluding hydrogens is 176 g/mol. The Kier molecular flexibility index (Phi) is 1.77. The van der Waals surface area contributed by atoms with Gasteiger partial charge in [-0.15, -0.1) is 0 Å². The molecule has 0 atom stereocenters. The number of aromatic nitrogens is 2. The molecule has 3 N–H and O–H groups in total. The van der Waals surface area contributed by atoms with Crippen molar-refractivity contribution < 1.29 is 0 Å². The van der Waals surface area contributed by atoms with E-state index in [0.717, 1.165) is 0 Å². The first kappa shape index (κ1) is 7.61. The lowest BCUT2D eigenvalue weighted by atomic mass is 10.5. The second kappa shape index (κ2) is 2.79. The molecule has 2 rings (SSSR count). The first-order valence-corrected chi connectivity index (χ1v) is 4.18. The maximum atomic E-state index is 5.62. The third-order valence-electron chi connectivity index (χ3n) is 1.71. The molecule has 5 heteroatoms. The molecule has 1 saturated carbocycles. The molecule has 1 aliphatic carbocycles. The van der Waals surface area contributed by atoms with E-state index in [1.807, 2.05) is 0 Å². The van der Waals surface area contributed by atoms with Crippen molar-refractivity contribution in [3.8, 4) is 0 Å². The van der Waals surface area contributed by atoms with Crippen LogP contribution in [0.1, 0.15) is 12.8 Å². The second-order valence-electron chi connectivity index (χ2n) is 2.86. The average Bonchev–Trinajstić information content (AvgIpc) is 2.81. The smallest absolute Gasteiger partial charge is 0.224 e. The third-order valence-corrected chi connectivity index (χ3v) is 1.89. The van der Waals surface area contributed by atoms with Crippen LogP contribution in [-0.4, -0.2) is 16.0 Å². The fourth-order valence-electron chi connectivity index (χ4n) is 0.906. The number of hydrogen-bond acceptors (Lipinski definition) is 4. The Morgan fingerprint density at radius 2 is 2.33 bits per heavy atom. The summed E-state index contributed by atoms with van der Waals surface area (Å²) < 4.78 is 0. The van der Waals surface area contributed by atoms with E-state index >= 15 is 0 Å². The normalized spacial score (nSPS) is 16.1. The molecule has 64 valence electrons. The summed E-state index contributed by atoms with van der Waals surface area (Å²) in [5.74, 6) is 0.650. The van der Waals surface area contributed by atoms with Crippen molar-refractivity contribution in [1.82, 2.24) is 9.97 Å². The van der Waals surface area contributed by atoms with Gasteiger partial charge in [0.15, 0.2) is 5.82 Å². The molecule has 1 fully saturated rings. The average molecular weight is 185 g/mol. The highest BCUT2D eigenvalue weighted by atomic mass is 35.5. The zero-order valence-corrected chi connectivity index (χ0v) is 7.17. The Labute approximate surface area is 75.2 Å². The molecular formula is C7H9ClN4. The van der Waals surface area contributed by atoms with Crippen LogP contribution < -0.4 is 11.1 Å². The summed E-state index contributed by atoms with van der Waals surface area (Å²) in [4.78, 5) is 7.73. The van der Waals surface area contributed by atoms with E-state index in [4.69, 9.17) is 17.3 Å². The lowest BCUT2D eigenvalue weighted by molar-refractivity contribution is 1.09. The molecule has 1 heterocycles. The van der Waals surface area contributed by atoms with Crippen LogP contribution in [-0.2, 0) is 0 Å². The highest BCUT2D eigenvalue weighted by Gasteiger charge is 2.22. The van der Waals surface area contributed by atoms with Crippen LogP contribution in [0, 0.1) is 0 Å². The van der Waals surface area contributed by atoms with Crippen molar-refractivity contribution in [2.24, 2.45) is 0 Å². The molecule has 1 aromatic heterocycles. The minimum absolute atomic E-state index is 0.229. The van der Waals surface area contributed by atoms with Gasteiger partial charge in [0.1, 0.15) is 0 Å². The van der Waals surface area contributed by atoms with Gasteiger partial charge in [0.2, 0.25) is 5.28 Å². The molecule has 0 unspecified atom stereocenters. The zero-order valence-electron chi connectivity index (χ0n) is 6.42. The highest BCUT2D eigenvalue weighted by molar-refractivity contribution is 6.28. The van der Waals surface area contributed by atoms with Gasteiger partial charge in [-0.3, -0.25) is 0 Å².